The van der Waals surface area contributed by atoms with Crippen LogP contribution in [0.5, 0.6) is 17.4 Å². The molecule has 10 heteroatoms. The van der Waals surface area contributed by atoms with Crippen LogP contribution in [0.4, 0.5) is 5.69 Å². The number of carbonyl (C=O) groups excluding carboxylic acids is 1. The summed E-state index contributed by atoms with van der Waals surface area (Å²) in [6, 6.07) is 16.5. The van der Waals surface area contributed by atoms with Gasteiger partial charge in [-0.3, -0.25) is 14.9 Å². The van der Waals surface area contributed by atoms with Gasteiger partial charge in [0.25, 0.3) is 5.69 Å². The Balaban J connectivity index is 1.34. The number of nitrogens with one attached hydrogen (secondary N) is 1. The third-order valence-corrected chi connectivity index (χ3v) is 4.44. The Bertz CT molecular complexity index is 1310. The van der Waals surface area contributed by atoms with Crippen molar-refractivity contribution in [2.24, 2.45) is 5.10 Å². The van der Waals surface area contributed by atoms with E-state index in [-0.39, 0.29) is 17.3 Å². The summed E-state index contributed by atoms with van der Waals surface area (Å²) in [5.41, 5.74) is 3.60. The molecule has 0 bridgehead atoms. The molecular formula is C23H18N4O6. The molecule has 1 N–H and O–H groups in total. The van der Waals surface area contributed by atoms with E-state index in [0.717, 1.165) is 11.6 Å². The number of hydrogen-bond donors (Lipinski definition) is 1. The molecule has 33 heavy (non-hydrogen) atoms. The molecule has 2 aromatic carbocycles. The largest absolute Gasteiger partial charge is 0.494 e. The highest BCUT2D eigenvalue weighted by molar-refractivity contribution is 5.96. The Hall–Kier alpha value is -4.73. The second kappa shape index (κ2) is 9.60. The number of pyridine rings is 1. The van der Waals surface area contributed by atoms with Gasteiger partial charge in [-0.1, -0.05) is 0 Å². The van der Waals surface area contributed by atoms with Gasteiger partial charge in [-0.05, 0) is 61.0 Å². The third-order valence-electron chi connectivity index (χ3n) is 4.44. The monoisotopic (exact) mass is 446 g/mol. The van der Waals surface area contributed by atoms with E-state index in [1.54, 1.807) is 48.5 Å². The molecule has 1 amide bonds. The highest BCUT2D eigenvalue weighted by Crippen LogP contribution is 2.24. The SMILES string of the molecule is CCOc1ccc2oc(C(=O)N/N=C/c3ccc(Oc4ccc([N+](=O)[O-])cn4)cc3)cc2c1. The summed E-state index contributed by atoms with van der Waals surface area (Å²) in [7, 11) is 0. The first-order chi connectivity index (χ1) is 16.0. The molecule has 2 aromatic heterocycles. The average molecular weight is 446 g/mol. The van der Waals surface area contributed by atoms with E-state index < -0.39 is 10.8 Å². The first kappa shape index (κ1) is 21.5. The van der Waals surface area contributed by atoms with Gasteiger partial charge in [0.05, 0.1) is 17.7 Å². The lowest BCUT2D eigenvalue weighted by atomic mass is 10.2. The molecule has 0 aliphatic rings. The first-order valence-electron chi connectivity index (χ1n) is 9.90. The predicted molar refractivity (Wildman–Crippen MR) is 120 cm³/mol. The van der Waals surface area contributed by atoms with Gasteiger partial charge in [0.2, 0.25) is 5.88 Å². The van der Waals surface area contributed by atoms with Crippen LogP contribution >= 0.6 is 0 Å². The molecule has 0 atom stereocenters. The van der Waals surface area contributed by atoms with Gasteiger partial charge in [0, 0.05) is 17.5 Å². The minimum Gasteiger partial charge on any atom is -0.494 e. The molecule has 0 saturated carbocycles. The molecule has 4 rings (SSSR count). The number of carbonyl (C=O) groups is 1. The molecule has 0 spiro atoms. The van der Waals surface area contributed by atoms with E-state index in [1.165, 1.54) is 18.3 Å². The van der Waals surface area contributed by atoms with E-state index in [2.05, 4.69) is 15.5 Å². The second-order valence-electron chi connectivity index (χ2n) is 6.73. The highest BCUT2D eigenvalue weighted by Gasteiger charge is 2.12. The summed E-state index contributed by atoms with van der Waals surface area (Å²) in [5.74, 6) is 1.08. The number of furan rings is 1. The number of ether oxygens (including phenoxy) is 2. The zero-order chi connectivity index (χ0) is 23.2. The number of nitro groups is 1. The standard InChI is InChI=1S/C23H18N4O6/c1-2-31-19-8-9-20-16(11-19)12-21(33-20)23(28)26-25-13-15-3-6-18(7-4-15)32-22-10-5-17(14-24-22)27(29)30/h3-14H,2H2,1H3,(H,26,28)/b25-13+. The number of rotatable bonds is 8. The van der Waals surface area contributed by atoms with Gasteiger partial charge in [0.15, 0.2) is 5.76 Å². The molecule has 10 nitrogen and oxygen atoms in total. The molecule has 0 fully saturated rings. The molecule has 0 saturated heterocycles. The maximum atomic E-state index is 12.3. The van der Waals surface area contributed by atoms with Crippen molar-refractivity contribution in [2.45, 2.75) is 6.92 Å². The zero-order valence-electron chi connectivity index (χ0n) is 17.4. The number of benzene rings is 2. The zero-order valence-corrected chi connectivity index (χ0v) is 17.4. The molecular weight excluding hydrogens is 428 g/mol. The summed E-state index contributed by atoms with van der Waals surface area (Å²) in [4.78, 5) is 26.3. The minimum atomic E-state index is -0.532. The van der Waals surface area contributed by atoms with Crippen LogP contribution in [0, 0.1) is 10.1 Å². The van der Waals surface area contributed by atoms with Crippen LogP contribution in [-0.4, -0.2) is 28.6 Å². The Morgan fingerprint density at radius 3 is 2.64 bits per heavy atom. The number of nitrogens with zero attached hydrogens (tertiary/aromatic N) is 3. The van der Waals surface area contributed by atoms with Crippen LogP contribution in [0.1, 0.15) is 23.0 Å². The fourth-order valence-electron chi connectivity index (χ4n) is 2.89. The summed E-state index contributed by atoms with van der Waals surface area (Å²) in [5, 5.41) is 15.4. The van der Waals surface area contributed by atoms with Gasteiger partial charge in [0.1, 0.15) is 23.3 Å². The van der Waals surface area contributed by atoms with Crippen molar-refractivity contribution >= 4 is 28.8 Å². The lowest BCUT2D eigenvalue weighted by Gasteiger charge is -2.04. The lowest BCUT2D eigenvalue weighted by Crippen LogP contribution is -2.16. The van der Waals surface area contributed by atoms with Crippen molar-refractivity contribution in [1.29, 1.82) is 0 Å². The number of fused-ring (bicyclic) bond motifs is 1. The Kier molecular flexibility index (Phi) is 6.26. The van der Waals surface area contributed by atoms with Crippen molar-refractivity contribution < 1.29 is 23.6 Å². The quantitative estimate of drug-likeness (QED) is 0.236. The van der Waals surface area contributed by atoms with Crippen LogP contribution in [0.2, 0.25) is 0 Å². The molecule has 166 valence electrons. The maximum absolute atomic E-state index is 12.3. The number of amides is 1. The summed E-state index contributed by atoms with van der Waals surface area (Å²) in [6.45, 7) is 2.44. The molecule has 0 unspecified atom stereocenters. The maximum Gasteiger partial charge on any atom is 0.307 e. The van der Waals surface area contributed by atoms with Crippen molar-refractivity contribution in [3.8, 4) is 17.4 Å². The smallest absolute Gasteiger partial charge is 0.307 e. The van der Waals surface area contributed by atoms with E-state index >= 15 is 0 Å². The summed E-state index contributed by atoms with van der Waals surface area (Å²) >= 11 is 0. The predicted octanol–water partition coefficient (Wildman–Crippen LogP) is 4.69. The van der Waals surface area contributed by atoms with Crippen molar-refractivity contribution in [3.63, 3.8) is 0 Å². The lowest BCUT2D eigenvalue weighted by molar-refractivity contribution is -0.385. The second-order valence-corrected chi connectivity index (χ2v) is 6.73. The van der Waals surface area contributed by atoms with Crippen LogP contribution in [0.3, 0.4) is 0 Å². The van der Waals surface area contributed by atoms with E-state index in [0.29, 0.717) is 29.3 Å². The molecule has 0 aliphatic heterocycles. The Labute approximate surface area is 187 Å². The first-order valence-corrected chi connectivity index (χ1v) is 9.90. The fraction of sp³-hybridized carbons (Fsp3) is 0.0870. The molecule has 4 aromatic rings. The number of hydrogen-bond acceptors (Lipinski definition) is 8. The number of aromatic nitrogens is 1. The topological polar surface area (TPSA) is 129 Å². The van der Waals surface area contributed by atoms with E-state index in [1.807, 2.05) is 6.92 Å². The summed E-state index contributed by atoms with van der Waals surface area (Å²) < 4.78 is 16.6. The fourth-order valence-corrected chi connectivity index (χ4v) is 2.89. The van der Waals surface area contributed by atoms with Gasteiger partial charge < -0.3 is 13.9 Å². The van der Waals surface area contributed by atoms with Crippen LogP contribution in [0.15, 0.2) is 76.4 Å². The Morgan fingerprint density at radius 2 is 1.94 bits per heavy atom. The van der Waals surface area contributed by atoms with E-state index in [9.17, 15) is 14.9 Å². The molecule has 2 heterocycles. The van der Waals surface area contributed by atoms with Crippen LogP contribution in [-0.2, 0) is 0 Å². The molecule has 0 aliphatic carbocycles. The van der Waals surface area contributed by atoms with Gasteiger partial charge in [-0.25, -0.2) is 10.4 Å². The Morgan fingerprint density at radius 1 is 1.15 bits per heavy atom. The third kappa shape index (κ3) is 5.31. The van der Waals surface area contributed by atoms with E-state index in [4.69, 9.17) is 13.9 Å². The van der Waals surface area contributed by atoms with Crippen molar-refractivity contribution in [1.82, 2.24) is 10.4 Å². The van der Waals surface area contributed by atoms with Gasteiger partial charge in [-0.2, -0.15) is 5.10 Å². The minimum absolute atomic E-state index is 0.117. The number of hydrazone groups is 1. The van der Waals surface area contributed by atoms with Gasteiger partial charge in [-0.15, -0.1) is 0 Å². The normalized spacial score (nSPS) is 10.9. The van der Waals surface area contributed by atoms with Gasteiger partial charge >= 0.3 is 5.91 Å². The van der Waals surface area contributed by atoms with Crippen molar-refractivity contribution in [3.05, 3.63) is 88.3 Å². The van der Waals surface area contributed by atoms with Crippen LogP contribution < -0.4 is 14.9 Å². The molecule has 0 radical (unpaired) electrons. The highest BCUT2D eigenvalue weighted by atomic mass is 16.6. The summed E-state index contributed by atoms with van der Waals surface area (Å²) in [6.07, 6.45) is 2.60. The van der Waals surface area contributed by atoms with Crippen LogP contribution in [0.25, 0.3) is 11.0 Å². The average Bonchev–Trinajstić information content (AvgIpc) is 3.24. The van der Waals surface area contributed by atoms with Crippen molar-refractivity contribution in [2.75, 3.05) is 6.61 Å².